The van der Waals surface area contributed by atoms with Crippen LogP contribution in [0.5, 0.6) is 5.75 Å². The highest BCUT2D eigenvalue weighted by atomic mass is 19.1. The van der Waals surface area contributed by atoms with Gasteiger partial charge in [0.15, 0.2) is 11.4 Å². The normalized spacial score (nSPS) is 14.0. The van der Waals surface area contributed by atoms with Crippen molar-refractivity contribution in [3.05, 3.63) is 88.1 Å². The van der Waals surface area contributed by atoms with Crippen molar-refractivity contribution in [2.24, 2.45) is 0 Å². The molecule has 0 saturated heterocycles. The van der Waals surface area contributed by atoms with E-state index in [1.807, 2.05) is 0 Å². The maximum absolute atomic E-state index is 13.8. The van der Waals surface area contributed by atoms with Crippen LogP contribution in [-0.2, 0) is 6.54 Å². The van der Waals surface area contributed by atoms with E-state index >= 15 is 0 Å². The van der Waals surface area contributed by atoms with E-state index in [1.54, 1.807) is 11.9 Å². The predicted octanol–water partition coefficient (Wildman–Crippen LogP) is 2.01. The number of nitrogens with zero attached hydrogens (tertiary/aromatic N) is 3. The van der Waals surface area contributed by atoms with Crippen LogP contribution in [0.15, 0.2) is 48.4 Å². The van der Waals surface area contributed by atoms with Crippen molar-refractivity contribution in [3.8, 4) is 5.75 Å². The zero-order chi connectivity index (χ0) is 24.4. The zero-order valence-electron chi connectivity index (χ0n) is 17.6. The van der Waals surface area contributed by atoms with Gasteiger partial charge in [0.1, 0.15) is 29.7 Å². The lowest BCUT2D eigenvalue weighted by Crippen LogP contribution is -2.56. The number of amides is 2. The summed E-state index contributed by atoms with van der Waals surface area (Å²) in [6.45, 7) is 8.54. The molecule has 0 aliphatic carbocycles. The fraction of sp³-hybridized carbons (Fsp3) is 0.227. The highest BCUT2D eigenvalue weighted by Gasteiger charge is 2.35. The molecular formula is C22H21F3N4O4. The summed E-state index contributed by atoms with van der Waals surface area (Å²) < 4.78 is 41.9. The minimum absolute atomic E-state index is 0.0421. The zero-order valence-corrected chi connectivity index (χ0v) is 17.6. The number of benzene rings is 1. The van der Waals surface area contributed by atoms with E-state index in [2.05, 4.69) is 18.5 Å². The Balaban J connectivity index is 2.00. The molecule has 3 rings (SSSR count). The first kappa shape index (κ1) is 23.6. The van der Waals surface area contributed by atoms with Crippen molar-refractivity contribution < 1.29 is 27.9 Å². The standard InChI is InChI=1S/C22H21F3N4O4/c1-4-6-27-11-28(12(3)5-2)22(33)18-20(31)19(30)15(10-29(18)27)21(32)26-9-14-16(24)7-13(23)8-17(14)25/h4-5,7-8,10,12,31H,1-2,6,9,11H2,3H3,(H,26,32)/t12-/m0/s1. The highest BCUT2D eigenvalue weighted by Crippen LogP contribution is 2.23. The fourth-order valence-corrected chi connectivity index (χ4v) is 3.36. The Hall–Kier alpha value is -4.02. The molecule has 2 amide bonds. The van der Waals surface area contributed by atoms with Crippen molar-refractivity contribution in [2.75, 3.05) is 18.2 Å². The third kappa shape index (κ3) is 4.34. The molecule has 174 valence electrons. The molecule has 33 heavy (non-hydrogen) atoms. The SMILES string of the molecule is C=CCN1CN([C@@H](C)C=C)C(=O)c2c(O)c(=O)c(C(=O)NCc3c(F)cc(F)cc3F)cn21. The number of hydrogen-bond donors (Lipinski definition) is 2. The minimum atomic E-state index is -1.21. The Kier molecular flexibility index (Phi) is 6.61. The molecule has 2 aromatic rings. The lowest BCUT2D eigenvalue weighted by atomic mass is 10.1. The molecule has 0 saturated carbocycles. The van der Waals surface area contributed by atoms with E-state index in [1.165, 1.54) is 21.7 Å². The van der Waals surface area contributed by atoms with Gasteiger partial charge in [-0.2, -0.15) is 0 Å². The molecule has 1 aliphatic rings. The van der Waals surface area contributed by atoms with E-state index in [9.17, 15) is 32.7 Å². The molecule has 2 heterocycles. The van der Waals surface area contributed by atoms with E-state index in [0.717, 1.165) is 6.20 Å². The average Bonchev–Trinajstić information content (AvgIpc) is 2.76. The average molecular weight is 462 g/mol. The van der Waals surface area contributed by atoms with Crippen molar-refractivity contribution in [2.45, 2.75) is 19.5 Å². The number of aromatic hydroxyl groups is 1. The minimum Gasteiger partial charge on any atom is -0.502 e. The van der Waals surface area contributed by atoms with Gasteiger partial charge >= 0.3 is 0 Å². The van der Waals surface area contributed by atoms with Gasteiger partial charge < -0.3 is 15.3 Å². The smallest absolute Gasteiger partial charge is 0.278 e. The summed E-state index contributed by atoms with van der Waals surface area (Å²) in [6.07, 6.45) is 4.09. The second-order valence-corrected chi connectivity index (χ2v) is 7.31. The third-order valence-electron chi connectivity index (χ3n) is 5.20. The highest BCUT2D eigenvalue weighted by molar-refractivity contribution is 5.99. The van der Waals surface area contributed by atoms with Crippen LogP contribution in [-0.4, -0.2) is 45.8 Å². The molecule has 2 N–H and O–H groups in total. The summed E-state index contributed by atoms with van der Waals surface area (Å²) in [6, 6.07) is 0.495. The van der Waals surface area contributed by atoms with Crippen molar-refractivity contribution >= 4 is 11.8 Å². The topological polar surface area (TPSA) is 94.9 Å². The van der Waals surface area contributed by atoms with Crippen LogP contribution in [0.2, 0.25) is 0 Å². The predicted molar refractivity (Wildman–Crippen MR) is 114 cm³/mol. The van der Waals surface area contributed by atoms with Crippen LogP contribution in [0, 0.1) is 17.5 Å². The quantitative estimate of drug-likeness (QED) is 0.614. The largest absolute Gasteiger partial charge is 0.502 e. The number of carbonyl (C=O) groups is 2. The second-order valence-electron chi connectivity index (χ2n) is 7.31. The summed E-state index contributed by atoms with van der Waals surface area (Å²) in [5, 5.41) is 14.2. The monoisotopic (exact) mass is 462 g/mol. The number of nitrogens with one attached hydrogen (secondary N) is 1. The summed E-state index contributed by atoms with van der Waals surface area (Å²) in [5.41, 5.74) is -2.66. The Morgan fingerprint density at radius 1 is 1.24 bits per heavy atom. The Bertz CT molecular complexity index is 1190. The number of pyridine rings is 1. The summed E-state index contributed by atoms with van der Waals surface area (Å²) in [4.78, 5) is 39.6. The molecule has 1 atom stereocenters. The van der Waals surface area contributed by atoms with Gasteiger partial charge in [0.2, 0.25) is 5.43 Å². The first-order valence-electron chi connectivity index (χ1n) is 9.80. The lowest BCUT2D eigenvalue weighted by Gasteiger charge is -2.41. The molecule has 1 aliphatic heterocycles. The van der Waals surface area contributed by atoms with Crippen molar-refractivity contribution in [1.29, 1.82) is 0 Å². The summed E-state index contributed by atoms with van der Waals surface area (Å²) in [5.74, 6) is -6.21. The number of fused-ring (bicyclic) bond motifs is 1. The van der Waals surface area contributed by atoms with E-state index < -0.39 is 64.2 Å². The molecule has 0 fully saturated rings. The van der Waals surface area contributed by atoms with Gasteiger partial charge in [0, 0.05) is 36.5 Å². The van der Waals surface area contributed by atoms with Crippen LogP contribution in [0.4, 0.5) is 13.2 Å². The van der Waals surface area contributed by atoms with Gasteiger partial charge in [-0.1, -0.05) is 12.2 Å². The van der Waals surface area contributed by atoms with Gasteiger partial charge in [0.25, 0.3) is 11.8 Å². The van der Waals surface area contributed by atoms with Gasteiger partial charge in [-0.15, -0.1) is 13.2 Å². The molecule has 0 unspecified atom stereocenters. The Morgan fingerprint density at radius 2 is 1.88 bits per heavy atom. The first-order valence-corrected chi connectivity index (χ1v) is 9.80. The van der Waals surface area contributed by atoms with E-state index in [-0.39, 0.29) is 18.9 Å². The number of halogens is 3. The lowest BCUT2D eigenvalue weighted by molar-refractivity contribution is 0.0653. The summed E-state index contributed by atoms with van der Waals surface area (Å²) in [7, 11) is 0. The Morgan fingerprint density at radius 3 is 2.45 bits per heavy atom. The van der Waals surface area contributed by atoms with Crippen molar-refractivity contribution in [1.82, 2.24) is 14.9 Å². The van der Waals surface area contributed by atoms with Crippen LogP contribution in [0.25, 0.3) is 0 Å². The summed E-state index contributed by atoms with van der Waals surface area (Å²) >= 11 is 0. The van der Waals surface area contributed by atoms with Crippen LogP contribution in [0.3, 0.4) is 0 Å². The second kappa shape index (κ2) is 9.23. The number of aromatic nitrogens is 1. The molecule has 0 radical (unpaired) electrons. The Labute approximate surface area is 186 Å². The molecular weight excluding hydrogens is 441 g/mol. The fourth-order valence-electron chi connectivity index (χ4n) is 3.36. The van der Waals surface area contributed by atoms with E-state index in [0.29, 0.717) is 12.1 Å². The first-order chi connectivity index (χ1) is 15.6. The molecule has 0 bridgehead atoms. The molecule has 11 heteroatoms. The molecule has 8 nitrogen and oxygen atoms in total. The molecule has 1 aromatic heterocycles. The third-order valence-corrected chi connectivity index (χ3v) is 5.20. The van der Waals surface area contributed by atoms with Crippen molar-refractivity contribution in [3.63, 3.8) is 0 Å². The van der Waals surface area contributed by atoms with Crippen LogP contribution in [0.1, 0.15) is 33.3 Å². The van der Waals surface area contributed by atoms with E-state index in [4.69, 9.17) is 0 Å². The van der Waals surface area contributed by atoms with Crippen LogP contribution < -0.4 is 15.8 Å². The maximum Gasteiger partial charge on any atom is 0.278 e. The molecule has 0 spiro atoms. The van der Waals surface area contributed by atoms with Gasteiger partial charge in [-0.25, -0.2) is 13.2 Å². The number of rotatable bonds is 7. The van der Waals surface area contributed by atoms with Gasteiger partial charge in [-0.05, 0) is 6.92 Å². The molecule has 1 aromatic carbocycles. The number of carbonyl (C=O) groups excluding carboxylic acids is 2. The number of hydrogen-bond acceptors (Lipinski definition) is 5. The maximum atomic E-state index is 13.8. The van der Waals surface area contributed by atoms with Gasteiger partial charge in [-0.3, -0.25) is 24.1 Å². The van der Waals surface area contributed by atoms with Gasteiger partial charge in [0.05, 0.1) is 6.54 Å². The van der Waals surface area contributed by atoms with Crippen LogP contribution >= 0.6 is 0 Å².